The van der Waals surface area contributed by atoms with Gasteiger partial charge in [-0.3, -0.25) is 9.59 Å². The molecule has 0 saturated carbocycles. The van der Waals surface area contributed by atoms with Gasteiger partial charge in [-0.2, -0.15) is 5.10 Å². The molecule has 8 heteroatoms. The van der Waals surface area contributed by atoms with Gasteiger partial charge in [-0.15, -0.1) is 0 Å². The molecule has 2 aromatic heterocycles. The average Bonchev–Trinajstić information content (AvgIpc) is 3.33. The van der Waals surface area contributed by atoms with Crippen molar-refractivity contribution >= 4 is 22.6 Å². The first-order chi connectivity index (χ1) is 15.5. The average molecular weight is 431 g/mol. The summed E-state index contributed by atoms with van der Waals surface area (Å²) in [6.45, 7) is 0.00593. The van der Waals surface area contributed by atoms with Crippen LogP contribution in [0.1, 0.15) is 21.8 Å². The summed E-state index contributed by atoms with van der Waals surface area (Å²) in [7, 11) is 1.59. The highest BCUT2D eigenvalue weighted by Gasteiger charge is 2.20. The summed E-state index contributed by atoms with van der Waals surface area (Å²) >= 11 is 0. The first-order valence-corrected chi connectivity index (χ1v) is 10.00. The van der Waals surface area contributed by atoms with Crippen LogP contribution in [-0.2, 0) is 22.6 Å². The van der Waals surface area contributed by atoms with E-state index in [0.29, 0.717) is 16.5 Å². The molecule has 0 saturated heterocycles. The minimum atomic E-state index is -0.775. The van der Waals surface area contributed by atoms with E-state index in [1.165, 1.54) is 15.8 Å². The molecule has 0 unspecified atom stereocenters. The number of aromatic nitrogens is 2. The van der Waals surface area contributed by atoms with Crippen LogP contribution in [0.2, 0.25) is 0 Å². The van der Waals surface area contributed by atoms with Gasteiger partial charge in [0.05, 0.1) is 24.7 Å². The number of carbonyl (C=O) groups excluding carboxylic acids is 2. The van der Waals surface area contributed by atoms with Crippen LogP contribution in [0.3, 0.4) is 0 Å². The molecule has 0 aliphatic heterocycles. The Morgan fingerprint density at radius 3 is 2.44 bits per heavy atom. The Kier molecular flexibility index (Phi) is 6.12. The van der Waals surface area contributed by atoms with E-state index in [1.807, 2.05) is 30.3 Å². The summed E-state index contributed by atoms with van der Waals surface area (Å²) in [5.41, 5.74) is 0.541. The molecule has 0 spiro atoms. The van der Waals surface area contributed by atoms with Crippen LogP contribution in [0.4, 0.5) is 0 Å². The maximum Gasteiger partial charge on any atom is 0.359 e. The van der Waals surface area contributed by atoms with E-state index < -0.39 is 18.5 Å². The second-order valence-electron chi connectivity index (χ2n) is 7.25. The fraction of sp³-hybridized carbons (Fsp3) is 0.167. The van der Waals surface area contributed by atoms with E-state index >= 15 is 0 Å². The molecule has 8 nitrogen and oxygen atoms in total. The van der Waals surface area contributed by atoms with Crippen molar-refractivity contribution in [2.75, 3.05) is 13.7 Å². The van der Waals surface area contributed by atoms with Crippen molar-refractivity contribution in [3.8, 4) is 0 Å². The fourth-order valence-corrected chi connectivity index (χ4v) is 3.28. The monoisotopic (exact) mass is 431 g/mol. The third kappa shape index (κ3) is 4.59. The van der Waals surface area contributed by atoms with Crippen molar-refractivity contribution < 1.29 is 18.7 Å². The van der Waals surface area contributed by atoms with Gasteiger partial charge in [0.15, 0.2) is 12.3 Å². The molecule has 4 aromatic rings. The lowest BCUT2D eigenvalue weighted by Gasteiger charge is -2.16. The molecule has 0 aliphatic carbocycles. The summed E-state index contributed by atoms with van der Waals surface area (Å²) in [6.07, 6.45) is 1.52. The highest BCUT2D eigenvalue weighted by Crippen LogP contribution is 2.15. The van der Waals surface area contributed by atoms with E-state index in [-0.39, 0.29) is 24.3 Å². The molecule has 162 valence electrons. The molecular formula is C24H21N3O5. The number of hydrogen-bond acceptors (Lipinski definition) is 6. The molecule has 4 rings (SSSR count). The molecule has 2 aromatic carbocycles. The summed E-state index contributed by atoms with van der Waals surface area (Å²) in [5.74, 6) is -0.549. The number of ether oxygens (including phenoxy) is 1. The van der Waals surface area contributed by atoms with Gasteiger partial charge in [0.2, 0.25) is 0 Å². The van der Waals surface area contributed by atoms with Crippen molar-refractivity contribution in [2.24, 2.45) is 0 Å². The van der Waals surface area contributed by atoms with Crippen LogP contribution in [0.5, 0.6) is 0 Å². The Morgan fingerprint density at radius 2 is 1.72 bits per heavy atom. The summed E-state index contributed by atoms with van der Waals surface area (Å²) < 4.78 is 11.7. The summed E-state index contributed by atoms with van der Waals surface area (Å²) in [6, 6.07) is 19.5. The van der Waals surface area contributed by atoms with E-state index in [2.05, 4.69) is 5.10 Å². The van der Waals surface area contributed by atoms with E-state index in [9.17, 15) is 14.4 Å². The third-order valence-corrected chi connectivity index (χ3v) is 4.96. The molecule has 0 radical (unpaired) electrons. The number of likely N-dealkylation sites (N-methyl/N-ethyl adjacent to an activating group) is 1. The maximum atomic E-state index is 12.9. The number of hydrogen-bond donors (Lipinski definition) is 0. The van der Waals surface area contributed by atoms with Crippen molar-refractivity contribution in [1.82, 2.24) is 14.7 Å². The molecule has 1 amide bonds. The topological polar surface area (TPSA) is 94.6 Å². The quantitative estimate of drug-likeness (QED) is 0.418. The van der Waals surface area contributed by atoms with Gasteiger partial charge in [0, 0.05) is 12.4 Å². The molecule has 0 aliphatic rings. The van der Waals surface area contributed by atoms with Crippen LogP contribution in [0.15, 0.2) is 82.2 Å². The molecule has 0 atom stereocenters. The smallest absolute Gasteiger partial charge is 0.359 e. The molecule has 0 N–H and O–H groups in total. The minimum absolute atomic E-state index is 0.0161. The normalized spacial score (nSPS) is 10.8. The highest BCUT2D eigenvalue weighted by atomic mass is 16.5. The number of amides is 1. The zero-order valence-corrected chi connectivity index (χ0v) is 17.4. The molecular weight excluding hydrogens is 410 g/mol. The predicted molar refractivity (Wildman–Crippen MR) is 117 cm³/mol. The molecule has 0 fully saturated rings. The standard InChI is InChI=1S/C24H21N3O5/c1-26(15-18-10-7-13-31-18)21(28)16-32-24(30)22-19-11-5-6-12-20(19)23(29)27(25-22)14-17-8-3-2-4-9-17/h2-13H,14-16H2,1H3. The van der Waals surface area contributed by atoms with Crippen molar-refractivity contribution in [3.63, 3.8) is 0 Å². The second kappa shape index (κ2) is 9.30. The Balaban J connectivity index is 1.55. The number of fused-ring (bicyclic) bond motifs is 1. The summed E-state index contributed by atoms with van der Waals surface area (Å²) in [5, 5.41) is 5.00. The molecule has 2 heterocycles. The Labute approximate surface area is 183 Å². The Bertz CT molecular complexity index is 1300. The first-order valence-electron chi connectivity index (χ1n) is 10.00. The zero-order valence-electron chi connectivity index (χ0n) is 17.4. The number of nitrogens with zero attached hydrogens (tertiary/aromatic N) is 3. The zero-order chi connectivity index (χ0) is 22.5. The lowest BCUT2D eigenvalue weighted by Crippen LogP contribution is -2.31. The van der Waals surface area contributed by atoms with Crippen LogP contribution in [0.25, 0.3) is 10.8 Å². The van der Waals surface area contributed by atoms with E-state index in [0.717, 1.165) is 5.56 Å². The van der Waals surface area contributed by atoms with Gasteiger partial charge in [0.1, 0.15) is 5.76 Å². The van der Waals surface area contributed by atoms with Gasteiger partial charge < -0.3 is 14.1 Å². The SMILES string of the molecule is CN(Cc1ccco1)C(=O)COC(=O)c1nn(Cc2ccccc2)c(=O)c2ccccc12. The number of furan rings is 1. The van der Waals surface area contributed by atoms with Gasteiger partial charge in [-0.1, -0.05) is 48.5 Å². The van der Waals surface area contributed by atoms with Crippen molar-refractivity contribution in [3.05, 3.63) is 100 Å². The van der Waals surface area contributed by atoms with E-state index in [1.54, 1.807) is 43.4 Å². The lowest BCUT2D eigenvalue weighted by atomic mass is 10.1. The number of esters is 1. The second-order valence-corrected chi connectivity index (χ2v) is 7.25. The van der Waals surface area contributed by atoms with E-state index in [4.69, 9.17) is 9.15 Å². The first kappa shape index (κ1) is 21.0. The van der Waals surface area contributed by atoms with Crippen LogP contribution in [-0.4, -0.2) is 40.2 Å². The van der Waals surface area contributed by atoms with Crippen molar-refractivity contribution in [2.45, 2.75) is 13.1 Å². The van der Waals surface area contributed by atoms with Gasteiger partial charge in [0.25, 0.3) is 11.5 Å². The Hall–Kier alpha value is -4.20. The highest BCUT2D eigenvalue weighted by molar-refractivity contribution is 6.02. The number of rotatable bonds is 7. The van der Waals surface area contributed by atoms with Crippen LogP contribution in [0, 0.1) is 0 Å². The van der Waals surface area contributed by atoms with Crippen LogP contribution < -0.4 is 5.56 Å². The predicted octanol–water partition coefficient (Wildman–Crippen LogP) is 2.85. The minimum Gasteiger partial charge on any atom is -0.467 e. The summed E-state index contributed by atoms with van der Waals surface area (Å²) in [4.78, 5) is 39.5. The van der Waals surface area contributed by atoms with Gasteiger partial charge in [-0.25, -0.2) is 9.48 Å². The number of carbonyl (C=O) groups is 2. The van der Waals surface area contributed by atoms with Gasteiger partial charge in [-0.05, 0) is 23.8 Å². The van der Waals surface area contributed by atoms with Crippen molar-refractivity contribution in [1.29, 1.82) is 0 Å². The number of benzene rings is 2. The lowest BCUT2D eigenvalue weighted by molar-refractivity contribution is -0.134. The van der Waals surface area contributed by atoms with Crippen LogP contribution >= 0.6 is 0 Å². The van der Waals surface area contributed by atoms with Gasteiger partial charge >= 0.3 is 5.97 Å². The fourth-order valence-electron chi connectivity index (χ4n) is 3.28. The Morgan fingerprint density at radius 1 is 1.00 bits per heavy atom. The molecule has 0 bridgehead atoms. The third-order valence-electron chi connectivity index (χ3n) is 4.96. The maximum absolute atomic E-state index is 12.9. The largest absolute Gasteiger partial charge is 0.467 e. The molecule has 32 heavy (non-hydrogen) atoms.